The maximum absolute atomic E-state index is 11.5. The summed E-state index contributed by atoms with van der Waals surface area (Å²) in [5, 5.41) is 9.47. The van der Waals surface area contributed by atoms with E-state index in [9.17, 15) is 9.90 Å². The van der Waals surface area contributed by atoms with Crippen molar-refractivity contribution in [1.29, 1.82) is 0 Å². The molecule has 4 heteroatoms. The molecule has 1 aliphatic rings. The molecule has 0 aliphatic carbocycles. The van der Waals surface area contributed by atoms with Crippen molar-refractivity contribution in [3.05, 3.63) is 0 Å². The molecule has 0 unspecified atom stereocenters. The van der Waals surface area contributed by atoms with Crippen LogP contribution in [0.25, 0.3) is 0 Å². The van der Waals surface area contributed by atoms with Crippen LogP contribution in [0, 0.1) is 5.92 Å². The van der Waals surface area contributed by atoms with Crippen LogP contribution in [-0.2, 0) is 4.79 Å². The molecule has 0 amide bonds. The second kappa shape index (κ2) is 5.92. The third-order valence-electron chi connectivity index (χ3n) is 3.49. The average Bonchev–Trinajstić information content (AvgIpc) is 2.26. The van der Waals surface area contributed by atoms with Crippen molar-refractivity contribution < 1.29 is 9.90 Å². The molecule has 3 nitrogen and oxygen atoms in total. The number of thioether (sulfide) groups is 1. The van der Waals surface area contributed by atoms with E-state index < -0.39 is 11.5 Å². The van der Waals surface area contributed by atoms with E-state index in [1.165, 1.54) is 0 Å². The molecule has 1 rings (SSSR count). The highest BCUT2D eigenvalue weighted by molar-refractivity contribution is 7.99. The molecule has 0 saturated carbocycles. The van der Waals surface area contributed by atoms with Gasteiger partial charge in [-0.2, -0.15) is 11.8 Å². The molecular weight excluding hydrogens is 222 g/mol. The lowest BCUT2D eigenvalue weighted by Crippen LogP contribution is -2.55. The van der Waals surface area contributed by atoms with Gasteiger partial charge in [0.15, 0.2) is 0 Å². The Labute approximate surface area is 103 Å². The third kappa shape index (κ3) is 3.14. The van der Waals surface area contributed by atoms with E-state index in [0.717, 1.165) is 37.3 Å². The highest BCUT2D eigenvalue weighted by Crippen LogP contribution is 2.32. The van der Waals surface area contributed by atoms with Crippen LogP contribution < -0.4 is 0 Å². The van der Waals surface area contributed by atoms with E-state index in [-0.39, 0.29) is 0 Å². The number of carbonyl (C=O) groups is 1. The molecule has 0 atom stereocenters. The molecule has 94 valence electrons. The van der Waals surface area contributed by atoms with Crippen molar-refractivity contribution in [3.63, 3.8) is 0 Å². The minimum atomic E-state index is -0.640. The molecule has 0 spiro atoms. The summed E-state index contributed by atoms with van der Waals surface area (Å²) in [7, 11) is 1.96. The Morgan fingerprint density at radius 1 is 1.44 bits per heavy atom. The molecule has 0 aromatic carbocycles. The van der Waals surface area contributed by atoms with Gasteiger partial charge in [-0.3, -0.25) is 9.69 Å². The number of carboxylic acids is 1. The first-order valence-corrected chi connectivity index (χ1v) is 7.17. The third-order valence-corrected chi connectivity index (χ3v) is 4.48. The zero-order chi connectivity index (χ0) is 12.2. The predicted octanol–water partition coefficient (Wildman–Crippen LogP) is 2.31. The van der Waals surface area contributed by atoms with Gasteiger partial charge in [-0.05, 0) is 50.3 Å². The Bertz CT molecular complexity index is 237. The highest BCUT2D eigenvalue weighted by atomic mass is 32.2. The van der Waals surface area contributed by atoms with E-state index in [0.29, 0.717) is 5.92 Å². The molecule has 0 aromatic heterocycles. The van der Waals surface area contributed by atoms with Crippen molar-refractivity contribution in [2.75, 3.05) is 25.1 Å². The Morgan fingerprint density at radius 3 is 2.44 bits per heavy atom. The number of rotatable bonds is 5. The Morgan fingerprint density at radius 2 is 2.00 bits per heavy atom. The maximum Gasteiger partial charge on any atom is 0.324 e. The number of likely N-dealkylation sites (N-methyl/N-ethyl adjacent to an activating group) is 1. The smallest absolute Gasteiger partial charge is 0.324 e. The summed E-state index contributed by atoms with van der Waals surface area (Å²) in [4.78, 5) is 13.6. The topological polar surface area (TPSA) is 40.5 Å². The largest absolute Gasteiger partial charge is 0.480 e. The molecule has 0 aromatic rings. The minimum Gasteiger partial charge on any atom is -0.480 e. The van der Waals surface area contributed by atoms with Gasteiger partial charge in [-0.25, -0.2) is 0 Å². The fourth-order valence-electron chi connectivity index (χ4n) is 2.13. The number of hydrogen-bond acceptors (Lipinski definition) is 3. The lowest BCUT2D eigenvalue weighted by Gasteiger charge is -2.41. The first-order valence-electron chi connectivity index (χ1n) is 6.01. The lowest BCUT2D eigenvalue weighted by atomic mass is 9.90. The molecular formula is C12H23NO2S. The first-order chi connectivity index (χ1) is 7.49. The van der Waals surface area contributed by atoms with Crippen LogP contribution >= 0.6 is 11.8 Å². The van der Waals surface area contributed by atoms with E-state index in [1.54, 1.807) is 0 Å². The summed E-state index contributed by atoms with van der Waals surface area (Å²) < 4.78 is 0. The van der Waals surface area contributed by atoms with Gasteiger partial charge in [0.05, 0.1) is 0 Å². The standard InChI is InChI=1S/C12H23NO2S/c1-10(2)4-7-13(3)12(11(14)15)5-8-16-9-6-12/h10H,4-9H2,1-3H3,(H,14,15). The van der Waals surface area contributed by atoms with Crippen molar-refractivity contribution in [3.8, 4) is 0 Å². The molecule has 1 fully saturated rings. The predicted molar refractivity (Wildman–Crippen MR) is 69.0 cm³/mol. The quantitative estimate of drug-likeness (QED) is 0.807. The fraction of sp³-hybridized carbons (Fsp3) is 0.917. The summed E-state index contributed by atoms with van der Waals surface area (Å²) >= 11 is 1.87. The van der Waals surface area contributed by atoms with Gasteiger partial charge in [0.2, 0.25) is 0 Å². The van der Waals surface area contributed by atoms with Crippen LogP contribution in [0.1, 0.15) is 33.1 Å². The zero-order valence-corrected chi connectivity index (χ0v) is 11.3. The molecule has 16 heavy (non-hydrogen) atoms. The van der Waals surface area contributed by atoms with E-state index in [1.807, 2.05) is 18.8 Å². The number of carboxylic acid groups (broad SMARTS) is 1. The minimum absolute atomic E-state index is 0.597. The molecule has 1 N–H and O–H groups in total. The Hall–Kier alpha value is -0.220. The number of hydrogen-bond donors (Lipinski definition) is 1. The Balaban J connectivity index is 2.64. The monoisotopic (exact) mass is 245 g/mol. The summed E-state index contributed by atoms with van der Waals surface area (Å²) in [5.41, 5.74) is -0.597. The summed E-state index contributed by atoms with van der Waals surface area (Å²) in [6, 6.07) is 0. The van der Waals surface area contributed by atoms with Gasteiger partial charge < -0.3 is 5.11 Å². The van der Waals surface area contributed by atoms with Crippen LogP contribution in [0.15, 0.2) is 0 Å². The molecule has 1 saturated heterocycles. The second-order valence-corrected chi connectivity index (χ2v) is 6.28. The van der Waals surface area contributed by atoms with E-state index in [4.69, 9.17) is 0 Å². The fourth-order valence-corrected chi connectivity index (χ4v) is 3.30. The van der Waals surface area contributed by atoms with Gasteiger partial charge in [0.1, 0.15) is 5.54 Å². The normalized spacial score (nSPS) is 20.3. The Kier molecular flexibility index (Phi) is 5.12. The number of aliphatic carboxylic acids is 1. The zero-order valence-electron chi connectivity index (χ0n) is 10.5. The van der Waals surface area contributed by atoms with Crippen LogP contribution in [-0.4, -0.2) is 46.6 Å². The van der Waals surface area contributed by atoms with Crippen molar-refractivity contribution in [1.82, 2.24) is 4.90 Å². The lowest BCUT2D eigenvalue weighted by molar-refractivity contribution is -0.151. The van der Waals surface area contributed by atoms with Crippen molar-refractivity contribution in [2.45, 2.75) is 38.6 Å². The van der Waals surface area contributed by atoms with Gasteiger partial charge in [-0.1, -0.05) is 13.8 Å². The maximum atomic E-state index is 11.5. The molecule has 1 aliphatic heterocycles. The van der Waals surface area contributed by atoms with E-state index >= 15 is 0 Å². The average molecular weight is 245 g/mol. The highest BCUT2D eigenvalue weighted by Gasteiger charge is 2.43. The van der Waals surface area contributed by atoms with Crippen LogP contribution in [0.2, 0.25) is 0 Å². The van der Waals surface area contributed by atoms with Gasteiger partial charge >= 0.3 is 5.97 Å². The van der Waals surface area contributed by atoms with Crippen LogP contribution in [0.5, 0.6) is 0 Å². The summed E-state index contributed by atoms with van der Waals surface area (Å²) in [6.45, 7) is 5.24. The summed E-state index contributed by atoms with van der Waals surface area (Å²) in [6.07, 6.45) is 2.63. The van der Waals surface area contributed by atoms with Crippen LogP contribution in [0.4, 0.5) is 0 Å². The molecule has 0 radical (unpaired) electrons. The van der Waals surface area contributed by atoms with E-state index in [2.05, 4.69) is 18.7 Å². The van der Waals surface area contributed by atoms with Gasteiger partial charge in [0.25, 0.3) is 0 Å². The summed E-state index contributed by atoms with van der Waals surface area (Å²) in [5.74, 6) is 1.93. The molecule has 1 heterocycles. The van der Waals surface area contributed by atoms with Gasteiger partial charge in [0, 0.05) is 0 Å². The van der Waals surface area contributed by atoms with Crippen LogP contribution in [0.3, 0.4) is 0 Å². The second-order valence-electron chi connectivity index (χ2n) is 5.05. The molecule has 0 bridgehead atoms. The van der Waals surface area contributed by atoms with Crippen molar-refractivity contribution in [2.24, 2.45) is 5.92 Å². The van der Waals surface area contributed by atoms with Gasteiger partial charge in [-0.15, -0.1) is 0 Å². The first kappa shape index (κ1) is 13.8. The number of nitrogens with zero attached hydrogens (tertiary/aromatic N) is 1. The van der Waals surface area contributed by atoms with Crippen molar-refractivity contribution >= 4 is 17.7 Å². The SMILES string of the molecule is CC(C)CCN(C)C1(C(=O)O)CCSCC1.